The van der Waals surface area contributed by atoms with Crippen LogP contribution in [0.5, 0.6) is 0 Å². The van der Waals surface area contributed by atoms with Gasteiger partial charge in [0.2, 0.25) is 5.95 Å². The highest BCUT2D eigenvalue weighted by Crippen LogP contribution is 2.36. The Labute approximate surface area is 144 Å². The number of fused-ring (bicyclic) bond motifs is 1. The Balaban J connectivity index is 1.58. The topological polar surface area (TPSA) is 80.8 Å². The molecule has 1 fully saturated rings. The molecule has 0 aliphatic carbocycles. The summed E-state index contributed by atoms with van der Waals surface area (Å²) >= 11 is 1.75. The van der Waals surface area contributed by atoms with Crippen LogP contribution in [0.4, 0.5) is 11.8 Å². The molecule has 1 aliphatic rings. The first-order valence-corrected chi connectivity index (χ1v) is 8.99. The smallest absolute Gasteiger partial charge is 0.220 e. The first-order valence-electron chi connectivity index (χ1n) is 8.17. The molecule has 7 heteroatoms. The number of hydrogen-bond donors (Lipinski definition) is 1. The van der Waals surface area contributed by atoms with Crippen molar-refractivity contribution in [1.82, 2.24) is 19.9 Å². The molecule has 1 saturated heterocycles. The quantitative estimate of drug-likeness (QED) is 0.772. The van der Waals surface area contributed by atoms with Crippen molar-refractivity contribution in [3.05, 3.63) is 34.7 Å². The number of thiophene rings is 1. The number of anilines is 2. The van der Waals surface area contributed by atoms with Gasteiger partial charge in [0.1, 0.15) is 17.0 Å². The Bertz CT molecular complexity index is 882. The molecule has 0 radical (unpaired) electrons. The Morgan fingerprint density at radius 3 is 2.71 bits per heavy atom. The molecule has 0 atom stereocenters. The maximum Gasteiger partial charge on any atom is 0.220 e. The van der Waals surface area contributed by atoms with Crippen LogP contribution < -0.4 is 10.6 Å². The molecule has 1 aliphatic heterocycles. The van der Waals surface area contributed by atoms with E-state index in [0.29, 0.717) is 11.9 Å². The van der Waals surface area contributed by atoms with Gasteiger partial charge in [-0.2, -0.15) is 0 Å². The van der Waals surface area contributed by atoms with Crippen LogP contribution in [0.2, 0.25) is 0 Å². The summed E-state index contributed by atoms with van der Waals surface area (Å²) in [5.74, 6) is 1.87. The average Bonchev–Trinajstić information content (AvgIpc) is 2.90. The van der Waals surface area contributed by atoms with Gasteiger partial charge in [-0.1, -0.05) is 0 Å². The summed E-state index contributed by atoms with van der Waals surface area (Å²) < 4.78 is 0. The number of aromatic nitrogens is 4. The molecule has 0 unspecified atom stereocenters. The molecular formula is C17H20N6S. The minimum atomic E-state index is 0.358. The van der Waals surface area contributed by atoms with E-state index in [9.17, 15) is 0 Å². The fourth-order valence-corrected chi connectivity index (χ4v) is 4.40. The summed E-state index contributed by atoms with van der Waals surface area (Å²) in [5.41, 5.74) is 8.07. The Hall–Kier alpha value is -2.28. The number of nitrogens with two attached hydrogens (primary N) is 1. The second-order valence-corrected chi connectivity index (χ2v) is 7.46. The summed E-state index contributed by atoms with van der Waals surface area (Å²) in [6.45, 7) is 6.25. The van der Waals surface area contributed by atoms with Gasteiger partial charge in [0.15, 0.2) is 0 Å². The normalized spacial score (nSPS) is 16.0. The lowest BCUT2D eigenvalue weighted by Crippen LogP contribution is -2.34. The second-order valence-electron chi connectivity index (χ2n) is 6.26. The Morgan fingerprint density at radius 2 is 1.96 bits per heavy atom. The second kappa shape index (κ2) is 5.98. The fourth-order valence-electron chi connectivity index (χ4n) is 3.41. The van der Waals surface area contributed by atoms with E-state index >= 15 is 0 Å². The SMILES string of the molecule is Cc1sc2ncnc(N3CCC(c4ccnc(N)n4)CC3)c2c1C. The van der Waals surface area contributed by atoms with E-state index in [1.54, 1.807) is 23.9 Å². The predicted molar refractivity (Wildman–Crippen MR) is 97.5 cm³/mol. The number of aryl methyl sites for hydroxylation is 2. The van der Waals surface area contributed by atoms with Gasteiger partial charge in [-0.15, -0.1) is 11.3 Å². The third kappa shape index (κ3) is 2.58. The van der Waals surface area contributed by atoms with Crippen LogP contribution in [0.25, 0.3) is 10.2 Å². The van der Waals surface area contributed by atoms with Gasteiger partial charge in [0.25, 0.3) is 0 Å². The van der Waals surface area contributed by atoms with Crippen molar-refractivity contribution in [1.29, 1.82) is 0 Å². The number of nitrogen functional groups attached to an aromatic ring is 1. The molecule has 0 bridgehead atoms. The van der Waals surface area contributed by atoms with Crippen molar-refractivity contribution < 1.29 is 0 Å². The van der Waals surface area contributed by atoms with Crippen molar-refractivity contribution in [2.75, 3.05) is 23.7 Å². The molecule has 3 aromatic rings. The Morgan fingerprint density at radius 1 is 1.17 bits per heavy atom. The van der Waals surface area contributed by atoms with Crippen molar-refractivity contribution in [2.45, 2.75) is 32.6 Å². The highest BCUT2D eigenvalue weighted by Gasteiger charge is 2.25. The zero-order chi connectivity index (χ0) is 16.7. The lowest BCUT2D eigenvalue weighted by Gasteiger charge is -2.33. The van der Waals surface area contributed by atoms with Crippen LogP contribution in [0, 0.1) is 13.8 Å². The average molecular weight is 340 g/mol. The van der Waals surface area contributed by atoms with Crippen LogP contribution in [0.1, 0.15) is 34.9 Å². The largest absolute Gasteiger partial charge is 0.368 e. The van der Waals surface area contributed by atoms with E-state index in [4.69, 9.17) is 5.73 Å². The van der Waals surface area contributed by atoms with Crippen LogP contribution in [0.3, 0.4) is 0 Å². The lowest BCUT2D eigenvalue weighted by atomic mass is 9.93. The van der Waals surface area contributed by atoms with E-state index in [2.05, 4.69) is 38.7 Å². The first kappa shape index (κ1) is 15.3. The number of nitrogens with zero attached hydrogens (tertiary/aromatic N) is 5. The minimum absolute atomic E-state index is 0.358. The summed E-state index contributed by atoms with van der Waals surface area (Å²) in [6, 6.07) is 1.98. The monoisotopic (exact) mass is 340 g/mol. The van der Waals surface area contributed by atoms with Crippen LogP contribution >= 0.6 is 11.3 Å². The van der Waals surface area contributed by atoms with Gasteiger partial charge in [0, 0.05) is 35.8 Å². The molecule has 0 spiro atoms. The van der Waals surface area contributed by atoms with E-state index in [0.717, 1.165) is 42.3 Å². The molecule has 6 nitrogen and oxygen atoms in total. The Kier molecular flexibility index (Phi) is 3.80. The number of piperidine rings is 1. The third-order valence-electron chi connectivity index (χ3n) is 4.85. The van der Waals surface area contributed by atoms with Gasteiger partial charge >= 0.3 is 0 Å². The van der Waals surface area contributed by atoms with Gasteiger partial charge in [-0.25, -0.2) is 19.9 Å². The molecule has 124 valence electrons. The number of hydrogen-bond acceptors (Lipinski definition) is 7. The summed E-state index contributed by atoms with van der Waals surface area (Å²) in [5, 5.41) is 1.21. The van der Waals surface area contributed by atoms with Crippen molar-refractivity contribution in [3.8, 4) is 0 Å². The predicted octanol–water partition coefficient (Wildman–Crippen LogP) is 3.06. The maximum absolute atomic E-state index is 5.72. The molecule has 4 rings (SSSR count). The first-order chi connectivity index (χ1) is 11.6. The summed E-state index contributed by atoms with van der Waals surface area (Å²) in [4.78, 5) is 22.2. The van der Waals surface area contributed by atoms with Crippen LogP contribution in [-0.2, 0) is 0 Å². The summed E-state index contributed by atoms with van der Waals surface area (Å²) in [7, 11) is 0. The zero-order valence-corrected chi connectivity index (χ0v) is 14.7. The van der Waals surface area contributed by atoms with E-state index in [-0.39, 0.29) is 0 Å². The van der Waals surface area contributed by atoms with E-state index < -0.39 is 0 Å². The van der Waals surface area contributed by atoms with Gasteiger partial charge in [-0.3, -0.25) is 0 Å². The summed E-state index contributed by atoms with van der Waals surface area (Å²) in [6.07, 6.45) is 5.52. The number of rotatable bonds is 2. The highest BCUT2D eigenvalue weighted by molar-refractivity contribution is 7.18. The third-order valence-corrected chi connectivity index (χ3v) is 5.97. The zero-order valence-electron chi connectivity index (χ0n) is 13.9. The van der Waals surface area contributed by atoms with E-state index in [1.807, 2.05) is 6.07 Å². The fraction of sp³-hybridized carbons (Fsp3) is 0.412. The molecule has 0 aromatic carbocycles. The van der Waals surface area contributed by atoms with Crippen LogP contribution in [-0.4, -0.2) is 33.0 Å². The highest BCUT2D eigenvalue weighted by atomic mass is 32.1. The molecule has 3 aromatic heterocycles. The standard InChI is InChI=1S/C17H20N6S/c1-10-11(2)24-16-14(10)15(20-9-21-16)23-7-4-12(5-8-23)13-3-6-19-17(18)22-13/h3,6,9,12H,4-5,7-8H2,1-2H3,(H2,18,19,22). The maximum atomic E-state index is 5.72. The van der Waals surface area contributed by atoms with E-state index in [1.165, 1.54) is 15.8 Å². The molecule has 0 amide bonds. The van der Waals surface area contributed by atoms with Crippen LogP contribution in [0.15, 0.2) is 18.6 Å². The molecule has 0 saturated carbocycles. The van der Waals surface area contributed by atoms with Crippen molar-refractivity contribution >= 4 is 33.3 Å². The minimum Gasteiger partial charge on any atom is -0.368 e. The van der Waals surface area contributed by atoms with Crippen molar-refractivity contribution in [2.24, 2.45) is 0 Å². The molecular weight excluding hydrogens is 320 g/mol. The lowest BCUT2D eigenvalue weighted by molar-refractivity contribution is 0.494. The molecule has 2 N–H and O–H groups in total. The van der Waals surface area contributed by atoms with Gasteiger partial charge in [-0.05, 0) is 38.3 Å². The molecule has 24 heavy (non-hydrogen) atoms. The van der Waals surface area contributed by atoms with Crippen molar-refractivity contribution in [3.63, 3.8) is 0 Å². The van der Waals surface area contributed by atoms with Gasteiger partial charge < -0.3 is 10.6 Å². The van der Waals surface area contributed by atoms with Gasteiger partial charge in [0.05, 0.1) is 5.39 Å². The molecule has 4 heterocycles.